The second-order valence-corrected chi connectivity index (χ2v) is 5.36. The maximum atomic E-state index is 12.4. The van der Waals surface area contributed by atoms with Crippen molar-refractivity contribution in [1.82, 2.24) is 4.72 Å². The highest BCUT2D eigenvalue weighted by molar-refractivity contribution is 7.89. The third-order valence-corrected chi connectivity index (χ3v) is 3.02. The standard InChI is InChI=1S/C7H15F2NO3S/c1-6(2)3-14(12,13)10-4-7(8,9)5-11/h6,10-11H,3-5H2,1-2H3. The van der Waals surface area contributed by atoms with Crippen LogP contribution in [-0.2, 0) is 10.0 Å². The summed E-state index contributed by atoms with van der Waals surface area (Å²) in [7, 11) is -3.67. The van der Waals surface area contributed by atoms with E-state index in [9.17, 15) is 17.2 Å². The third kappa shape index (κ3) is 6.22. The van der Waals surface area contributed by atoms with E-state index in [-0.39, 0.29) is 11.7 Å². The van der Waals surface area contributed by atoms with Crippen molar-refractivity contribution >= 4 is 10.0 Å². The van der Waals surface area contributed by atoms with Crippen LogP contribution in [0.5, 0.6) is 0 Å². The average molecular weight is 231 g/mol. The quantitative estimate of drug-likeness (QED) is 0.685. The smallest absolute Gasteiger partial charge is 0.283 e. The fourth-order valence-electron chi connectivity index (χ4n) is 0.769. The van der Waals surface area contributed by atoms with Crippen LogP contribution in [0, 0.1) is 5.92 Å². The van der Waals surface area contributed by atoms with Gasteiger partial charge in [-0.15, -0.1) is 0 Å². The Kier molecular flexibility index (Phi) is 4.90. The van der Waals surface area contributed by atoms with Gasteiger partial charge in [-0.2, -0.15) is 0 Å². The molecule has 14 heavy (non-hydrogen) atoms. The van der Waals surface area contributed by atoms with Gasteiger partial charge < -0.3 is 5.11 Å². The molecule has 0 atom stereocenters. The molecule has 0 fully saturated rings. The molecule has 0 aliphatic rings. The minimum Gasteiger partial charge on any atom is -0.390 e. The van der Waals surface area contributed by atoms with Gasteiger partial charge in [0.05, 0.1) is 12.3 Å². The predicted molar refractivity (Wildman–Crippen MR) is 48.7 cm³/mol. The Morgan fingerprint density at radius 1 is 1.43 bits per heavy atom. The van der Waals surface area contributed by atoms with Gasteiger partial charge in [0.25, 0.3) is 5.92 Å². The summed E-state index contributed by atoms with van der Waals surface area (Å²) in [5, 5.41) is 8.19. The molecule has 0 aliphatic carbocycles. The van der Waals surface area contributed by atoms with Crippen molar-refractivity contribution in [3.05, 3.63) is 0 Å². The van der Waals surface area contributed by atoms with Crippen molar-refractivity contribution in [3.63, 3.8) is 0 Å². The Bertz CT molecular complexity index is 264. The van der Waals surface area contributed by atoms with Crippen LogP contribution in [0.3, 0.4) is 0 Å². The van der Waals surface area contributed by atoms with Crippen LogP contribution in [0.4, 0.5) is 8.78 Å². The van der Waals surface area contributed by atoms with E-state index in [2.05, 4.69) is 0 Å². The predicted octanol–water partition coefficient (Wildman–Crippen LogP) is 0.189. The number of sulfonamides is 1. The van der Waals surface area contributed by atoms with E-state index in [0.717, 1.165) is 0 Å². The van der Waals surface area contributed by atoms with E-state index < -0.39 is 29.1 Å². The van der Waals surface area contributed by atoms with Gasteiger partial charge in [0, 0.05) is 0 Å². The van der Waals surface area contributed by atoms with E-state index in [0.29, 0.717) is 0 Å². The van der Waals surface area contributed by atoms with Crippen LogP contribution >= 0.6 is 0 Å². The van der Waals surface area contributed by atoms with Crippen molar-refractivity contribution in [1.29, 1.82) is 0 Å². The van der Waals surface area contributed by atoms with Gasteiger partial charge in [0.2, 0.25) is 10.0 Å². The lowest BCUT2D eigenvalue weighted by Gasteiger charge is -2.14. The van der Waals surface area contributed by atoms with E-state index in [4.69, 9.17) is 5.11 Å². The fourth-order valence-corrected chi connectivity index (χ4v) is 2.20. The van der Waals surface area contributed by atoms with Gasteiger partial charge in [-0.25, -0.2) is 21.9 Å². The van der Waals surface area contributed by atoms with E-state index in [1.807, 2.05) is 0 Å². The Hall–Kier alpha value is -0.270. The Morgan fingerprint density at radius 3 is 2.29 bits per heavy atom. The Labute approximate surface area is 82.4 Å². The number of hydrogen-bond acceptors (Lipinski definition) is 3. The monoisotopic (exact) mass is 231 g/mol. The van der Waals surface area contributed by atoms with Gasteiger partial charge in [0.1, 0.15) is 6.61 Å². The van der Waals surface area contributed by atoms with Crippen LogP contribution in [0.15, 0.2) is 0 Å². The Morgan fingerprint density at radius 2 is 1.93 bits per heavy atom. The summed E-state index contributed by atoms with van der Waals surface area (Å²) in [6, 6.07) is 0. The molecule has 0 bridgehead atoms. The zero-order valence-electron chi connectivity index (χ0n) is 8.13. The first-order valence-corrected chi connectivity index (χ1v) is 5.80. The largest absolute Gasteiger partial charge is 0.390 e. The molecular weight excluding hydrogens is 216 g/mol. The molecule has 0 aliphatic heterocycles. The van der Waals surface area contributed by atoms with Gasteiger partial charge in [-0.3, -0.25) is 0 Å². The minimum atomic E-state index is -3.67. The average Bonchev–Trinajstić information content (AvgIpc) is 1.99. The van der Waals surface area contributed by atoms with Crippen molar-refractivity contribution in [2.24, 2.45) is 5.92 Å². The molecule has 0 amide bonds. The van der Waals surface area contributed by atoms with Crippen LogP contribution in [-0.4, -0.2) is 38.4 Å². The van der Waals surface area contributed by atoms with Crippen molar-refractivity contribution in [2.75, 3.05) is 18.9 Å². The van der Waals surface area contributed by atoms with Crippen LogP contribution in [0.1, 0.15) is 13.8 Å². The van der Waals surface area contributed by atoms with E-state index >= 15 is 0 Å². The van der Waals surface area contributed by atoms with Gasteiger partial charge in [-0.05, 0) is 5.92 Å². The van der Waals surface area contributed by atoms with Crippen LogP contribution < -0.4 is 4.72 Å². The third-order valence-electron chi connectivity index (χ3n) is 1.33. The van der Waals surface area contributed by atoms with Gasteiger partial charge >= 0.3 is 0 Å². The summed E-state index contributed by atoms with van der Waals surface area (Å²) in [5.74, 6) is -3.73. The maximum Gasteiger partial charge on any atom is 0.283 e. The lowest BCUT2D eigenvalue weighted by molar-refractivity contribution is -0.0437. The number of rotatable bonds is 6. The summed E-state index contributed by atoms with van der Waals surface area (Å²) in [5.41, 5.74) is 0. The molecular formula is C7H15F2NO3S. The first-order valence-electron chi connectivity index (χ1n) is 4.14. The highest BCUT2D eigenvalue weighted by atomic mass is 32.2. The molecule has 86 valence electrons. The normalized spacial score (nSPS) is 13.6. The molecule has 0 rings (SSSR count). The SMILES string of the molecule is CC(C)CS(=O)(=O)NCC(F)(F)CO. The summed E-state index contributed by atoms with van der Waals surface area (Å²) >= 11 is 0. The van der Waals surface area contributed by atoms with Crippen molar-refractivity contribution in [2.45, 2.75) is 19.8 Å². The molecule has 0 aromatic rings. The second kappa shape index (κ2) is 4.99. The highest BCUT2D eigenvalue weighted by Crippen LogP contribution is 2.10. The molecule has 0 saturated carbocycles. The van der Waals surface area contributed by atoms with Gasteiger partial charge in [-0.1, -0.05) is 13.8 Å². The zero-order valence-corrected chi connectivity index (χ0v) is 8.94. The van der Waals surface area contributed by atoms with Crippen LogP contribution in [0.25, 0.3) is 0 Å². The van der Waals surface area contributed by atoms with Crippen LogP contribution in [0.2, 0.25) is 0 Å². The molecule has 0 aromatic carbocycles. The number of halogens is 2. The number of nitrogens with one attached hydrogen (secondary N) is 1. The highest BCUT2D eigenvalue weighted by Gasteiger charge is 2.29. The first kappa shape index (κ1) is 13.7. The summed E-state index contributed by atoms with van der Waals surface area (Å²) in [6.07, 6.45) is 0. The van der Waals surface area contributed by atoms with E-state index in [1.54, 1.807) is 18.6 Å². The number of alkyl halides is 2. The number of aliphatic hydroxyl groups excluding tert-OH is 1. The molecule has 0 aromatic heterocycles. The second-order valence-electron chi connectivity index (χ2n) is 3.51. The molecule has 0 unspecified atom stereocenters. The van der Waals surface area contributed by atoms with Crippen molar-refractivity contribution in [3.8, 4) is 0 Å². The molecule has 0 heterocycles. The maximum absolute atomic E-state index is 12.4. The Balaban J connectivity index is 4.13. The molecule has 0 spiro atoms. The van der Waals surface area contributed by atoms with Crippen molar-refractivity contribution < 1.29 is 22.3 Å². The number of hydrogen-bond donors (Lipinski definition) is 2. The summed E-state index contributed by atoms with van der Waals surface area (Å²) < 4.78 is 48.8. The lowest BCUT2D eigenvalue weighted by Crippen LogP contribution is -2.40. The summed E-state index contributed by atoms with van der Waals surface area (Å²) in [4.78, 5) is 0. The zero-order chi connectivity index (χ0) is 11.4. The summed E-state index contributed by atoms with van der Waals surface area (Å²) in [6.45, 7) is 0.919. The molecule has 0 radical (unpaired) electrons. The minimum absolute atomic E-state index is 0.129. The lowest BCUT2D eigenvalue weighted by atomic mass is 10.3. The first-order chi connectivity index (χ1) is 6.18. The molecule has 2 N–H and O–H groups in total. The molecule has 7 heteroatoms. The fraction of sp³-hybridized carbons (Fsp3) is 1.00. The number of aliphatic hydroxyl groups is 1. The van der Waals surface area contributed by atoms with Gasteiger partial charge in [0.15, 0.2) is 0 Å². The van der Waals surface area contributed by atoms with E-state index in [1.165, 1.54) is 0 Å². The topological polar surface area (TPSA) is 66.4 Å². The molecule has 4 nitrogen and oxygen atoms in total. The molecule has 0 saturated heterocycles.